The highest BCUT2D eigenvalue weighted by atomic mass is 15.2. The summed E-state index contributed by atoms with van der Waals surface area (Å²) in [6.45, 7) is 10.3. The number of nitrogens with zero attached hydrogens (tertiary/aromatic N) is 1. The van der Waals surface area contributed by atoms with Gasteiger partial charge in [0.05, 0.1) is 5.69 Å². The molecule has 0 spiro atoms. The van der Waals surface area contributed by atoms with Crippen molar-refractivity contribution in [3.05, 3.63) is 65.2 Å². The van der Waals surface area contributed by atoms with Gasteiger partial charge in [-0.05, 0) is 31.9 Å². The average molecular weight is 321 g/mol. The van der Waals surface area contributed by atoms with Crippen molar-refractivity contribution in [1.82, 2.24) is 0 Å². The van der Waals surface area contributed by atoms with Crippen LogP contribution >= 0.6 is 0 Å². The van der Waals surface area contributed by atoms with Gasteiger partial charge in [0.2, 0.25) is 0 Å². The quantitative estimate of drug-likeness (QED) is 0.563. The molecule has 0 aromatic heterocycles. The van der Waals surface area contributed by atoms with E-state index in [0.29, 0.717) is 11.7 Å². The fourth-order valence-corrected chi connectivity index (χ4v) is 2.60. The molecule has 0 fully saturated rings. The molecule has 0 heterocycles. The van der Waals surface area contributed by atoms with E-state index in [-0.39, 0.29) is 5.41 Å². The van der Waals surface area contributed by atoms with E-state index >= 15 is 0 Å². The summed E-state index contributed by atoms with van der Waals surface area (Å²) in [5.74, 6) is 0.792. The van der Waals surface area contributed by atoms with Crippen LogP contribution in [0.2, 0.25) is 0 Å². The number of benzene rings is 2. The Morgan fingerprint density at radius 1 is 1.00 bits per heavy atom. The summed E-state index contributed by atoms with van der Waals surface area (Å²) in [7, 11) is 0. The van der Waals surface area contributed by atoms with Crippen molar-refractivity contribution in [3.63, 3.8) is 0 Å². The molecule has 24 heavy (non-hydrogen) atoms. The molecule has 2 aromatic carbocycles. The van der Waals surface area contributed by atoms with E-state index in [2.05, 4.69) is 33.8 Å². The second-order valence-electron chi connectivity index (χ2n) is 6.93. The SMILES string of the molecule is CCC(C)(C)C(=N)N(C(=N)c1ccccc1)c1ccc(C)cc1C. The number of rotatable bonds is 4. The molecule has 126 valence electrons. The van der Waals surface area contributed by atoms with Crippen molar-refractivity contribution in [3.8, 4) is 0 Å². The van der Waals surface area contributed by atoms with Crippen LogP contribution in [-0.4, -0.2) is 11.7 Å². The third-order valence-corrected chi connectivity index (χ3v) is 4.61. The Labute approximate surface area is 145 Å². The summed E-state index contributed by atoms with van der Waals surface area (Å²) in [5.41, 5.74) is 3.67. The molecule has 2 rings (SSSR count). The van der Waals surface area contributed by atoms with Gasteiger partial charge in [-0.25, -0.2) is 0 Å². The topological polar surface area (TPSA) is 50.9 Å². The molecule has 0 saturated heterocycles. The lowest BCUT2D eigenvalue weighted by Gasteiger charge is -2.35. The van der Waals surface area contributed by atoms with Gasteiger partial charge in [0, 0.05) is 11.0 Å². The number of anilines is 1. The number of hydrogen-bond acceptors (Lipinski definition) is 2. The number of nitrogens with one attached hydrogen (secondary N) is 2. The van der Waals surface area contributed by atoms with Crippen molar-refractivity contribution in [2.24, 2.45) is 5.41 Å². The Hall–Kier alpha value is -2.42. The van der Waals surface area contributed by atoms with Gasteiger partial charge in [-0.3, -0.25) is 15.7 Å². The molecule has 0 unspecified atom stereocenters. The van der Waals surface area contributed by atoms with Crippen molar-refractivity contribution in [2.75, 3.05) is 4.90 Å². The molecule has 0 radical (unpaired) electrons. The minimum atomic E-state index is -0.307. The van der Waals surface area contributed by atoms with Gasteiger partial charge >= 0.3 is 0 Å². The molecule has 3 heteroatoms. The van der Waals surface area contributed by atoms with Crippen LogP contribution in [0.1, 0.15) is 43.9 Å². The largest absolute Gasteiger partial charge is 0.287 e. The monoisotopic (exact) mass is 321 g/mol. The first-order valence-corrected chi connectivity index (χ1v) is 8.38. The summed E-state index contributed by atoms with van der Waals surface area (Å²) in [4.78, 5) is 1.79. The molecule has 2 N–H and O–H groups in total. The zero-order valence-electron chi connectivity index (χ0n) is 15.3. The fraction of sp³-hybridized carbons (Fsp3) is 0.333. The molecule has 2 aromatic rings. The minimum Gasteiger partial charge on any atom is -0.287 e. The van der Waals surface area contributed by atoms with E-state index in [1.807, 2.05) is 49.4 Å². The van der Waals surface area contributed by atoms with E-state index in [9.17, 15) is 0 Å². The van der Waals surface area contributed by atoms with Gasteiger partial charge in [-0.1, -0.05) is 68.8 Å². The first-order chi connectivity index (χ1) is 11.3. The summed E-state index contributed by atoms with van der Waals surface area (Å²) in [6.07, 6.45) is 0.843. The van der Waals surface area contributed by atoms with E-state index in [1.54, 1.807) is 4.90 Å². The van der Waals surface area contributed by atoms with Gasteiger partial charge in [0.1, 0.15) is 11.7 Å². The fourth-order valence-electron chi connectivity index (χ4n) is 2.60. The Morgan fingerprint density at radius 2 is 1.62 bits per heavy atom. The molecule has 0 atom stereocenters. The van der Waals surface area contributed by atoms with E-state index in [4.69, 9.17) is 10.8 Å². The van der Waals surface area contributed by atoms with E-state index < -0.39 is 0 Å². The Morgan fingerprint density at radius 3 is 2.17 bits per heavy atom. The predicted octanol–water partition coefficient (Wildman–Crippen LogP) is 5.55. The zero-order valence-corrected chi connectivity index (χ0v) is 15.3. The molecule has 0 aliphatic carbocycles. The van der Waals surface area contributed by atoms with Gasteiger partial charge in [-0.2, -0.15) is 0 Å². The third-order valence-electron chi connectivity index (χ3n) is 4.61. The smallest absolute Gasteiger partial charge is 0.138 e. The van der Waals surface area contributed by atoms with E-state index in [1.165, 1.54) is 5.56 Å². The summed E-state index contributed by atoms with van der Waals surface area (Å²) in [5, 5.41) is 17.5. The summed E-state index contributed by atoms with van der Waals surface area (Å²) < 4.78 is 0. The average Bonchev–Trinajstić information content (AvgIpc) is 2.57. The maximum Gasteiger partial charge on any atom is 0.138 e. The molecule has 0 saturated carbocycles. The Bertz CT molecular complexity index is 745. The van der Waals surface area contributed by atoms with Gasteiger partial charge in [0.15, 0.2) is 0 Å². The van der Waals surface area contributed by atoms with Crippen molar-refractivity contribution in [2.45, 2.75) is 41.0 Å². The highest BCUT2D eigenvalue weighted by molar-refractivity contribution is 6.24. The molecule has 0 aliphatic rings. The van der Waals surface area contributed by atoms with Crippen LogP contribution in [0, 0.1) is 30.1 Å². The second-order valence-corrected chi connectivity index (χ2v) is 6.93. The molecule has 3 nitrogen and oxygen atoms in total. The van der Waals surface area contributed by atoms with Crippen molar-refractivity contribution >= 4 is 17.4 Å². The van der Waals surface area contributed by atoms with Crippen LogP contribution in [0.25, 0.3) is 0 Å². The van der Waals surface area contributed by atoms with Crippen LogP contribution in [0.15, 0.2) is 48.5 Å². The maximum atomic E-state index is 8.80. The molecule has 0 bridgehead atoms. The van der Waals surface area contributed by atoms with E-state index in [0.717, 1.165) is 23.2 Å². The first kappa shape index (κ1) is 17.9. The van der Waals surface area contributed by atoms with Crippen molar-refractivity contribution < 1.29 is 0 Å². The van der Waals surface area contributed by atoms with Crippen LogP contribution in [0.3, 0.4) is 0 Å². The van der Waals surface area contributed by atoms with Crippen LogP contribution in [0.4, 0.5) is 5.69 Å². The van der Waals surface area contributed by atoms with Crippen LogP contribution in [-0.2, 0) is 0 Å². The standard InChI is InChI=1S/C21H27N3/c1-6-21(4,5)20(23)24(18-13-12-15(2)14-16(18)3)19(22)17-10-8-7-9-11-17/h7-14,22-23H,6H2,1-5H3. The lowest BCUT2D eigenvalue weighted by atomic mass is 9.87. The molecule has 0 aliphatic heterocycles. The molecular formula is C21H27N3. The predicted molar refractivity (Wildman–Crippen MR) is 103 cm³/mol. The zero-order chi connectivity index (χ0) is 17.9. The number of aryl methyl sites for hydroxylation is 2. The highest BCUT2D eigenvalue weighted by Crippen LogP contribution is 2.30. The normalized spacial score (nSPS) is 11.2. The molecular weight excluding hydrogens is 294 g/mol. The summed E-state index contributed by atoms with van der Waals surface area (Å²) >= 11 is 0. The van der Waals surface area contributed by atoms with Gasteiger partial charge < -0.3 is 0 Å². The minimum absolute atomic E-state index is 0.307. The number of amidine groups is 2. The lowest BCUT2D eigenvalue weighted by Crippen LogP contribution is -2.44. The van der Waals surface area contributed by atoms with Gasteiger partial charge in [0.25, 0.3) is 0 Å². The van der Waals surface area contributed by atoms with Crippen LogP contribution < -0.4 is 4.90 Å². The first-order valence-electron chi connectivity index (χ1n) is 8.38. The molecule has 0 amide bonds. The lowest BCUT2D eigenvalue weighted by molar-refractivity contribution is 0.495. The number of hydrogen-bond donors (Lipinski definition) is 2. The Kier molecular flexibility index (Phi) is 5.23. The third kappa shape index (κ3) is 3.56. The maximum absolute atomic E-state index is 8.80. The Balaban J connectivity index is 2.57. The van der Waals surface area contributed by atoms with Crippen LogP contribution in [0.5, 0.6) is 0 Å². The van der Waals surface area contributed by atoms with Gasteiger partial charge in [-0.15, -0.1) is 0 Å². The second kappa shape index (κ2) is 7.00. The van der Waals surface area contributed by atoms with Crippen molar-refractivity contribution in [1.29, 1.82) is 10.8 Å². The highest BCUT2D eigenvalue weighted by Gasteiger charge is 2.31. The summed E-state index contributed by atoms with van der Waals surface area (Å²) in [6, 6.07) is 15.8.